The average Bonchev–Trinajstić information content (AvgIpc) is 2.92. The maximum atomic E-state index is 12.8. The van der Waals surface area contributed by atoms with Crippen LogP contribution in [0.3, 0.4) is 0 Å². The van der Waals surface area contributed by atoms with E-state index in [-0.39, 0.29) is 30.9 Å². The standard InChI is InChI=1S/C15H25F3N2O2/c1-20(2)14(21)13-7-6-12(22-13)9-19-11-5-3-4-10(8-11)15(16,17)18/h10-13,19H,3-9H2,1-2H3/t10-,11-,12-,13+/m1/s1. The number of alkyl halides is 3. The maximum absolute atomic E-state index is 12.8. The van der Waals surface area contributed by atoms with Gasteiger partial charge in [-0.05, 0) is 32.1 Å². The van der Waals surface area contributed by atoms with Crippen molar-refractivity contribution in [1.82, 2.24) is 10.2 Å². The third kappa shape index (κ3) is 4.59. The Balaban J connectivity index is 1.74. The molecule has 1 aliphatic heterocycles. The van der Waals surface area contributed by atoms with E-state index in [1.54, 1.807) is 14.1 Å². The van der Waals surface area contributed by atoms with Gasteiger partial charge in [0.2, 0.25) is 0 Å². The molecule has 0 aromatic rings. The molecule has 0 aromatic carbocycles. The van der Waals surface area contributed by atoms with E-state index in [9.17, 15) is 18.0 Å². The highest BCUT2D eigenvalue weighted by Gasteiger charge is 2.42. The minimum Gasteiger partial charge on any atom is -0.364 e. The van der Waals surface area contributed by atoms with E-state index in [2.05, 4.69) is 5.32 Å². The topological polar surface area (TPSA) is 41.6 Å². The zero-order valence-corrected chi connectivity index (χ0v) is 13.2. The molecule has 0 spiro atoms. The Morgan fingerprint density at radius 3 is 2.59 bits per heavy atom. The van der Waals surface area contributed by atoms with E-state index < -0.39 is 18.2 Å². The van der Waals surface area contributed by atoms with Gasteiger partial charge in [-0.15, -0.1) is 0 Å². The first-order chi connectivity index (χ1) is 10.3. The maximum Gasteiger partial charge on any atom is 0.391 e. The molecule has 2 rings (SSSR count). The minimum atomic E-state index is -4.09. The molecule has 128 valence electrons. The van der Waals surface area contributed by atoms with Crippen molar-refractivity contribution in [3.8, 4) is 0 Å². The normalized spacial score (nSPS) is 33.0. The van der Waals surface area contributed by atoms with Gasteiger partial charge in [-0.3, -0.25) is 4.79 Å². The first kappa shape index (κ1) is 17.5. The van der Waals surface area contributed by atoms with Crippen LogP contribution in [0.1, 0.15) is 38.5 Å². The molecule has 1 amide bonds. The molecule has 4 nitrogen and oxygen atoms in total. The Morgan fingerprint density at radius 2 is 1.95 bits per heavy atom. The molecule has 1 saturated heterocycles. The minimum absolute atomic E-state index is 0.0442. The smallest absolute Gasteiger partial charge is 0.364 e. The molecule has 0 aromatic heterocycles. The fourth-order valence-electron chi connectivity index (χ4n) is 3.30. The number of carbonyl (C=O) groups excluding carboxylic acids is 1. The van der Waals surface area contributed by atoms with Crippen LogP contribution in [0.4, 0.5) is 13.2 Å². The van der Waals surface area contributed by atoms with E-state index in [1.807, 2.05) is 0 Å². The summed E-state index contributed by atoms with van der Waals surface area (Å²) in [4.78, 5) is 13.3. The summed E-state index contributed by atoms with van der Waals surface area (Å²) >= 11 is 0. The van der Waals surface area contributed by atoms with Gasteiger partial charge < -0.3 is 15.0 Å². The number of halogens is 3. The zero-order chi connectivity index (χ0) is 16.3. The Hall–Kier alpha value is -0.820. The molecule has 0 bridgehead atoms. The SMILES string of the molecule is CN(C)C(=O)[C@@H]1CC[C@H](CN[C@@H]2CCC[C@@H](C(F)(F)F)C2)O1. The van der Waals surface area contributed by atoms with Crippen LogP contribution in [0.5, 0.6) is 0 Å². The quantitative estimate of drug-likeness (QED) is 0.864. The van der Waals surface area contributed by atoms with Crippen LogP contribution in [0.25, 0.3) is 0 Å². The van der Waals surface area contributed by atoms with Crippen LogP contribution in [-0.4, -0.2) is 55.9 Å². The summed E-state index contributed by atoms with van der Waals surface area (Å²) in [6.07, 6.45) is -1.36. The van der Waals surface area contributed by atoms with Crippen molar-refractivity contribution >= 4 is 5.91 Å². The van der Waals surface area contributed by atoms with Gasteiger partial charge in [-0.2, -0.15) is 13.2 Å². The fourth-order valence-corrected chi connectivity index (χ4v) is 3.30. The summed E-state index contributed by atoms with van der Waals surface area (Å²) in [6, 6.07) is -0.104. The molecule has 1 saturated carbocycles. The Kier molecular flexibility index (Phi) is 5.71. The number of nitrogens with one attached hydrogen (secondary N) is 1. The van der Waals surface area contributed by atoms with Crippen LogP contribution in [-0.2, 0) is 9.53 Å². The Bertz CT molecular complexity index is 387. The zero-order valence-electron chi connectivity index (χ0n) is 13.2. The predicted octanol–water partition coefficient (Wildman–Crippen LogP) is 2.33. The molecular weight excluding hydrogens is 297 g/mol. The number of hydrogen-bond acceptors (Lipinski definition) is 3. The summed E-state index contributed by atoms with van der Waals surface area (Å²) in [6.45, 7) is 0.520. The van der Waals surface area contributed by atoms with E-state index in [0.717, 1.165) is 12.8 Å². The van der Waals surface area contributed by atoms with Crippen molar-refractivity contribution in [2.24, 2.45) is 5.92 Å². The molecule has 0 radical (unpaired) electrons. The third-order valence-corrected chi connectivity index (χ3v) is 4.60. The second kappa shape index (κ2) is 7.17. The molecule has 1 aliphatic carbocycles. The summed E-state index contributed by atoms with van der Waals surface area (Å²) in [5, 5.41) is 3.20. The third-order valence-electron chi connectivity index (χ3n) is 4.60. The summed E-state index contributed by atoms with van der Waals surface area (Å²) < 4.78 is 44.0. The predicted molar refractivity (Wildman–Crippen MR) is 76.4 cm³/mol. The highest BCUT2D eigenvalue weighted by molar-refractivity contribution is 5.80. The number of amides is 1. The monoisotopic (exact) mass is 322 g/mol. The number of rotatable bonds is 4. The second-order valence-corrected chi connectivity index (χ2v) is 6.57. The number of nitrogens with zero attached hydrogens (tertiary/aromatic N) is 1. The number of likely N-dealkylation sites (N-methyl/N-ethyl adjacent to an activating group) is 1. The van der Waals surface area contributed by atoms with Gasteiger partial charge in [-0.25, -0.2) is 0 Å². The number of ether oxygens (including phenoxy) is 1. The highest BCUT2D eigenvalue weighted by Crippen LogP contribution is 2.37. The van der Waals surface area contributed by atoms with Crippen molar-refractivity contribution in [2.45, 2.75) is 63.0 Å². The number of carbonyl (C=O) groups is 1. The summed E-state index contributed by atoms with van der Waals surface area (Å²) in [7, 11) is 3.38. The van der Waals surface area contributed by atoms with E-state index >= 15 is 0 Å². The molecule has 2 aliphatic rings. The van der Waals surface area contributed by atoms with Crippen LogP contribution >= 0.6 is 0 Å². The van der Waals surface area contributed by atoms with Gasteiger partial charge >= 0.3 is 6.18 Å². The molecule has 1 N–H and O–H groups in total. The first-order valence-electron chi connectivity index (χ1n) is 7.94. The van der Waals surface area contributed by atoms with Crippen LogP contribution in [0, 0.1) is 5.92 Å². The van der Waals surface area contributed by atoms with E-state index in [1.165, 1.54) is 4.90 Å². The average molecular weight is 322 g/mol. The molecule has 0 unspecified atom stereocenters. The van der Waals surface area contributed by atoms with Crippen molar-refractivity contribution in [1.29, 1.82) is 0 Å². The Morgan fingerprint density at radius 1 is 1.23 bits per heavy atom. The van der Waals surface area contributed by atoms with Gasteiger partial charge in [0, 0.05) is 26.7 Å². The Labute approximate surface area is 129 Å². The van der Waals surface area contributed by atoms with E-state index in [4.69, 9.17) is 4.74 Å². The van der Waals surface area contributed by atoms with Crippen molar-refractivity contribution in [3.63, 3.8) is 0 Å². The van der Waals surface area contributed by atoms with Crippen LogP contribution < -0.4 is 5.32 Å². The molecule has 22 heavy (non-hydrogen) atoms. The van der Waals surface area contributed by atoms with Gasteiger partial charge in [0.25, 0.3) is 5.91 Å². The van der Waals surface area contributed by atoms with Crippen LogP contribution in [0.2, 0.25) is 0 Å². The first-order valence-corrected chi connectivity index (χ1v) is 7.94. The lowest BCUT2D eigenvalue weighted by Crippen LogP contribution is -2.42. The van der Waals surface area contributed by atoms with Crippen molar-refractivity contribution in [2.75, 3.05) is 20.6 Å². The lowest BCUT2D eigenvalue weighted by Gasteiger charge is -2.31. The molecular formula is C15H25F3N2O2. The summed E-state index contributed by atoms with van der Waals surface area (Å²) in [5.41, 5.74) is 0. The summed E-state index contributed by atoms with van der Waals surface area (Å²) in [5.74, 6) is -1.23. The largest absolute Gasteiger partial charge is 0.391 e. The van der Waals surface area contributed by atoms with Crippen molar-refractivity contribution in [3.05, 3.63) is 0 Å². The van der Waals surface area contributed by atoms with Gasteiger partial charge in [-0.1, -0.05) is 6.42 Å². The highest BCUT2D eigenvalue weighted by atomic mass is 19.4. The molecule has 2 fully saturated rings. The van der Waals surface area contributed by atoms with Crippen LogP contribution in [0.15, 0.2) is 0 Å². The fraction of sp³-hybridized carbons (Fsp3) is 0.933. The van der Waals surface area contributed by atoms with E-state index in [0.29, 0.717) is 19.4 Å². The lowest BCUT2D eigenvalue weighted by molar-refractivity contribution is -0.183. The van der Waals surface area contributed by atoms with Gasteiger partial charge in [0.1, 0.15) is 6.10 Å². The van der Waals surface area contributed by atoms with Crippen molar-refractivity contribution < 1.29 is 22.7 Å². The molecule has 7 heteroatoms. The molecule has 1 heterocycles. The van der Waals surface area contributed by atoms with Gasteiger partial charge in [0.05, 0.1) is 12.0 Å². The molecule has 4 atom stereocenters. The lowest BCUT2D eigenvalue weighted by atomic mass is 9.85. The number of hydrogen-bond donors (Lipinski definition) is 1. The second-order valence-electron chi connectivity index (χ2n) is 6.57. The van der Waals surface area contributed by atoms with Gasteiger partial charge in [0.15, 0.2) is 0 Å².